The second-order valence-electron chi connectivity index (χ2n) is 9.07. The lowest BCUT2D eigenvalue weighted by molar-refractivity contribution is -0.274. The number of carbonyl (C=O) groups is 2. The highest BCUT2D eigenvalue weighted by Gasteiger charge is 2.71. The number of rotatable bonds is 7. The van der Waals surface area contributed by atoms with E-state index < -0.39 is 29.6 Å². The van der Waals surface area contributed by atoms with Crippen LogP contribution in [-0.4, -0.2) is 60.0 Å². The molecule has 0 bridgehead atoms. The largest absolute Gasteiger partial charge is 0.573 e. The Labute approximate surface area is 200 Å². The van der Waals surface area contributed by atoms with Gasteiger partial charge in [-0.25, -0.2) is 9.69 Å². The predicted molar refractivity (Wildman–Crippen MR) is 120 cm³/mol. The van der Waals surface area contributed by atoms with Crippen molar-refractivity contribution in [3.05, 3.63) is 42.7 Å². The van der Waals surface area contributed by atoms with Gasteiger partial charge in [0.05, 0.1) is 17.6 Å². The molecule has 2 aromatic rings. The summed E-state index contributed by atoms with van der Waals surface area (Å²) in [5.74, 6) is -0.543. The van der Waals surface area contributed by atoms with Crippen LogP contribution >= 0.6 is 0 Å². The van der Waals surface area contributed by atoms with Gasteiger partial charge in [-0.05, 0) is 68.6 Å². The van der Waals surface area contributed by atoms with Crippen molar-refractivity contribution in [2.75, 3.05) is 36.0 Å². The zero-order chi connectivity index (χ0) is 24.8. The summed E-state index contributed by atoms with van der Waals surface area (Å²) in [7, 11) is 0. The highest BCUT2D eigenvalue weighted by Crippen LogP contribution is 2.56. The minimum atomic E-state index is -4.84. The van der Waals surface area contributed by atoms with E-state index in [0.717, 1.165) is 36.7 Å². The summed E-state index contributed by atoms with van der Waals surface area (Å²) < 4.78 is 47.4. The van der Waals surface area contributed by atoms with Crippen LogP contribution < -0.4 is 19.3 Å². The fraction of sp³-hybridized carbons (Fsp3) is 0.458. The van der Waals surface area contributed by atoms with Crippen LogP contribution in [0.15, 0.2) is 42.7 Å². The zero-order valence-electron chi connectivity index (χ0n) is 19.1. The Balaban J connectivity index is 1.40. The maximum atomic E-state index is 13.6. The molecule has 5 rings (SSSR count). The van der Waals surface area contributed by atoms with Crippen molar-refractivity contribution in [1.82, 2.24) is 9.88 Å². The number of imide groups is 1. The number of hydrogen-bond acceptors (Lipinski definition) is 6. The fourth-order valence-corrected chi connectivity index (χ4v) is 4.97. The van der Waals surface area contributed by atoms with Gasteiger partial charge in [0.2, 0.25) is 0 Å². The van der Waals surface area contributed by atoms with Gasteiger partial charge in [-0.2, -0.15) is 0 Å². The molecule has 3 fully saturated rings. The van der Waals surface area contributed by atoms with Crippen molar-refractivity contribution in [3.63, 3.8) is 0 Å². The van der Waals surface area contributed by atoms with Gasteiger partial charge in [-0.1, -0.05) is 6.92 Å². The monoisotopic (exact) mass is 490 g/mol. The van der Waals surface area contributed by atoms with Crippen LogP contribution in [0.5, 0.6) is 11.5 Å². The van der Waals surface area contributed by atoms with E-state index in [0.29, 0.717) is 24.5 Å². The van der Waals surface area contributed by atoms with Crippen molar-refractivity contribution in [2.45, 2.75) is 38.1 Å². The Hall–Kier alpha value is -3.34. The number of urea groups is 1. The minimum Gasteiger partial charge on any atom is -0.488 e. The van der Waals surface area contributed by atoms with Crippen molar-refractivity contribution in [2.24, 2.45) is 5.92 Å². The van der Waals surface area contributed by atoms with Gasteiger partial charge in [0.25, 0.3) is 5.91 Å². The number of ether oxygens (including phenoxy) is 2. The third kappa shape index (κ3) is 4.29. The summed E-state index contributed by atoms with van der Waals surface area (Å²) in [4.78, 5) is 36.0. The van der Waals surface area contributed by atoms with Gasteiger partial charge >= 0.3 is 12.4 Å². The van der Waals surface area contributed by atoms with Crippen LogP contribution in [0.4, 0.5) is 29.3 Å². The lowest BCUT2D eigenvalue weighted by Crippen LogP contribution is -2.39. The molecular weight excluding hydrogens is 465 g/mol. The molecule has 2 aliphatic heterocycles. The number of likely N-dealkylation sites (tertiary alicyclic amines) is 1. The summed E-state index contributed by atoms with van der Waals surface area (Å²) in [6, 6.07) is 5.75. The number of amides is 3. The molecule has 186 valence electrons. The third-order valence-electron chi connectivity index (χ3n) is 6.82. The van der Waals surface area contributed by atoms with Crippen LogP contribution in [0.25, 0.3) is 0 Å². The zero-order valence-corrected chi connectivity index (χ0v) is 19.1. The molecule has 1 aromatic carbocycles. The van der Waals surface area contributed by atoms with Gasteiger partial charge < -0.3 is 9.47 Å². The van der Waals surface area contributed by atoms with E-state index in [1.165, 1.54) is 42.3 Å². The van der Waals surface area contributed by atoms with Crippen LogP contribution in [-0.2, 0) is 4.79 Å². The second kappa shape index (κ2) is 8.71. The topological polar surface area (TPSA) is 75.2 Å². The summed E-state index contributed by atoms with van der Waals surface area (Å²) in [6.45, 7) is 5.12. The molecule has 35 heavy (non-hydrogen) atoms. The molecule has 8 nitrogen and oxygen atoms in total. The van der Waals surface area contributed by atoms with Crippen LogP contribution in [0, 0.1) is 5.92 Å². The van der Waals surface area contributed by atoms with E-state index in [4.69, 9.17) is 4.74 Å². The summed E-state index contributed by atoms with van der Waals surface area (Å²) in [6.07, 6.45) is 1.04. The molecule has 1 aromatic heterocycles. The highest BCUT2D eigenvalue weighted by molar-refractivity contribution is 6.32. The number of benzene rings is 1. The maximum absolute atomic E-state index is 13.6. The Morgan fingerprint density at radius 3 is 2.43 bits per heavy atom. The molecule has 3 amide bonds. The molecular formula is C24H25F3N4O4. The van der Waals surface area contributed by atoms with E-state index in [1.54, 1.807) is 6.07 Å². The van der Waals surface area contributed by atoms with Crippen molar-refractivity contribution < 1.29 is 32.2 Å². The molecule has 1 aliphatic carbocycles. The number of pyridine rings is 1. The second-order valence-corrected chi connectivity index (χ2v) is 9.07. The molecule has 2 atom stereocenters. The number of halogens is 3. The van der Waals surface area contributed by atoms with Gasteiger partial charge in [0.1, 0.15) is 17.9 Å². The maximum Gasteiger partial charge on any atom is 0.573 e. The average Bonchev–Trinajstić information content (AvgIpc) is 3.14. The molecule has 11 heteroatoms. The predicted octanol–water partition coefficient (Wildman–Crippen LogP) is 4.21. The average molecular weight is 490 g/mol. The lowest BCUT2D eigenvalue weighted by atomic mass is 10.1. The minimum absolute atomic E-state index is 0.0950. The number of aromatic nitrogens is 1. The Morgan fingerprint density at radius 2 is 1.80 bits per heavy atom. The molecule has 1 spiro atoms. The smallest absolute Gasteiger partial charge is 0.488 e. The number of anilines is 2. The molecule has 0 N–H and O–H groups in total. The molecule has 0 radical (unpaired) electrons. The molecule has 2 saturated heterocycles. The van der Waals surface area contributed by atoms with E-state index in [1.807, 2.05) is 6.92 Å². The Morgan fingerprint density at radius 1 is 1.11 bits per heavy atom. The summed E-state index contributed by atoms with van der Waals surface area (Å²) >= 11 is 0. The highest BCUT2D eigenvalue weighted by atomic mass is 19.4. The van der Waals surface area contributed by atoms with Gasteiger partial charge in [-0.15, -0.1) is 13.2 Å². The van der Waals surface area contributed by atoms with Crippen molar-refractivity contribution in [3.8, 4) is 11.5 Å². The lowest BCUT2D eigenvalue weighted by Gasteiger charge is -2.25. The van der Waals surface area contributed by atoms with Gasteiger partial charge in [-0.3, -0.25) is 19.6 Å². The number of carbonyl (C=O) groups excluding carboxylic acids is 2. The number of nitrogens with zero attached hydrogens (tertiary/aromatic N) is 4. The Bertz CT molecular complexity index is 1120. The van der Waals surface area contributed by atoms with Gasteiger partial charge in [0, 0.05) is 12.7 Å². The first kappa shape index (κ1) is 23.4. The first-order chi connectivity index (χ1) is 16.7. The normalized spacial score (nSPS) is 24.5. The molecule has 1 saturated carbocycles. The molecule has 3 heterocycles. The number of hydrogen-bond donors (Lipinski definition) is 0. The molecule has 2 unspecified atom stereocenters. The van der Waals surface area contributed by atoms with Crippen LogP contribution in [0.2, 0.25) is 0 Å². The van der Waals surface area contributed by atoms with Gasteiger partial charge in [0.15, 0.2) is 5.75 Å². The fourth-order valence-electron chi connectivity index (χ4n) is 4.97. The van der Waals surface area contributed by atoms with E-state index in [2.05, 4.69) is 14.6 Å². The first-order valence-electron chi connectivity index (χ1n) is 11.5. The standard InChI is InChI=1S/C24H25F3N4O4/c1-16-14-23(16)21(32)30(17-4-6-18(7-5-17)35-24(25,26)27)22(33)31(23)19-8-9-28-15-20(19)34-13-12-29-10-2-3-11-29/h4-9,15-16H,2-3,10-14H2,1H3. The third-order valence-corrected chi connectivity index (χ3v) is 6.82. The van der Waals surface area contributed by atoms with Crippen molar-refractivity contribution >= 4 is 23.3 Å². The molecule has 3 aliphatic rings. The number of alkyl halides is 3. The SMILES string of the molecule is CC1CC12C(=O)N(c1ccc(OC(F)(F)F)cc1)C(=O)N2c1ccncc1OCCN1CCCC1. The van der Waals surface area contributed by atoms with E-state index in [-0.39, 0.29) is 11.6 Å². The van der Waals surface area contributed by atoms with E-state index >= 15 is 0 Å². The van der Waals surface area contributed by atoms with E-state index in [9.17, 15) is 22.8 Å². The quantitative estimate of drug-likeness (QED) is 0.542. The summed E-state index contributed by atoms with van der Waals surface area (Å²) in [5.41, 5.74) is -0.447. The first-order valence-corrected chi connectivity index (χ1v) is 11.5. The van der Waals surface area contributed by atoms with Crippen molar-refractivity contribution in [1.29, 1.82) is 0 Å². The Kier molecular flexibility index (Phi) is 5.82. The summed E-state index contributed by atoms with van der Waals surface area (Å²) in [5, 5.41) is 0. The van der Waals surface area contributed by atoms with Crippen LogP contribution in [0.3, 0.4) is 0 Å². The van der Waals surface area contributed by atoms with Crippen LogP contribution in [0.1, 0.15) is 26.2 Å².